The van der Waals surface area contributed by atoms with E-state index in [2.05, 4.69) is 29.4 Å². The number of carbonyl (C=O) groups excluding carboxylic acids is 1. The van der Waals surface area contributed by atoms with Crippen LogP contribution in [0.5, 0.6) is 5.75 Å². The zero-order valence-electron chi connectivity index (χ0n) is 16.6. The summed E-state index contributed by atoms with van der Waals surface area (Å²) in [5, 5.41) is 12.3. The maximum atomic E-state index is 12.1. The van der Waals surface area contributed by atoms with Gasteiger partial charge in [-0.15, -0.1) is 10.2 Å². The predicted molar refractivity (Wildman–Crippen MR) is 113 cm³/mol. The molecule has 150 valence electrons. The largest absolute Gasteiger partial charge is 0.486 e. The Morgan fingerprint density at radius 2 is 1.93 bits per heavy atom. The second-order valence-electron chi connectivity index (χ2n) is 7.23. The van der Waals surface area contributed by atoms with Gasteiger partial charge in [-0.2, -0.15) is 0 Å². The smallest absolute Gasteiger partial charge is 0.230 e. The van der Waals surface area contributed by atoms with Crippen LogP contribution in [0.25, 0.3) is 5.69 Å². The molecule has 0 aliphatic heterocycles. The first-order chi connectivity index (χ1) is 14.1. The zero-order valence-corrected chi connectivity index (χ0v) is 17.4. The van der Waals surface area contributed by atoms with E-state index in [-0.39, 0.29) is 5.91 Å². The minimum Gasteiger partial charge on any atom is -0.486 e. The minimum absolute atomic E-state index is 0.0352. The van der Waals surface area contributed by atoms with Crippen LogP contribution in [0.2, 0.25) is 0 Å². The van der Waals surface area contributed by atoms with E-state index >= 15 is 0 Å². The highest BCUT2D eigenvalue weighted by Gasteiger charge is 2.24. The van der Waals surface area contributed by atoms with Crippen molar-refractivity contribution in [3.63, 3.8) is 0 Å². The molecule has 0 radical (unpaired) electrons. The van der Waals surface area contributed by atoms with Crippen LogP contribution in [0.15, 0.2) is 53.7 Å². The molecule has 29 heavy (non-hydrogen) atoms. The first-order valence-corrected chi connectivity index (χ1v) is 10.7. The molecular formula is C22H24N4O2S. The molecule has 1 N–H and O–H groups in total. The van der Waals surface area contributed by atoms with Gasteiger partial charge in [0.25, 0.3) is 0 Å². The van der Waals surface area contributed by atoms with Crippen molar-refractivity contribution in [2.45, 2.75) is 44.5 Å². The standard InChI is InChI=1S/C22H24N4O2S/c1-15-8-11-19(12-16(15)2)28-13-20-24-25-22(26(20)18-6-4-3-5-7-18)29-14-21(27)23-17-9-10-17/h3-8,11-12,17H,9-10,13-14H2,1-2H3,(H,23,27). The monoisotopic (exact) mass is 408 g/mol. The van der Waals surface area contributed by atoms with E-state index < -0.39 is 0 Å². The molecule has 1 aromatic heterocycles. The summed E-state index contributed by atoms with van der Waals surface area (Å²) in [6, 6.07) is 16.3. The average molecular weight is 409 g/mol. The molecule has 0 bridgehead atoms. The first kappa shape index (κ1) is 19.5. The molecule has 3 aromatic rings. The van der Waals surface area contributed by atoms with Crippen LogP contribution in [-0.4, -0.2) is 32.5 Å². The van der Waals surface area contributed by atoms with E-state index in [0.717, 1.165) is 24.3 Å². The topological polar surface area (TPSA) is 69.0 Å². The van der Waals surface area contributed by atoms with Crippen molar-refractivity contribution >= 4 is 17.7 Å². The molecule has 0 saturated heterocycles. The maximum absolute atomic E-state index is 12.1. The number of aromatic nitrogens is 3. The van der Waals surface area contributed by atoms with Gasteiger partial charge in [0.05, 0.1) is 5.75 Å². The Labute approximate surface area is 174 Å². The van der Waals surface area contributed by atoms with Crippen LogP contribution in [0.3, 0.4) is 0 Å². The van der Waals surface area contributed by atoms with Crippen molar-refractivity contribution in [3.05, 3.63) is 65.5 Å². The van der Waals surface area contributed by atoms with Crippen molar-refractivity contribution in [1.82, 2.24) is 20.1 Å². The molecule has 1 aliphatic rings. The van der Waals surface area contributed by atoms with Crippen molar-refractivity contribution in [3.8, 4) is 11.4 Å². The van der Waals surface area contributed by atoms with Crippen molar-refractivity contribution in [2.75, 3.05) is 5.75 Å². The number of rotatable bonds is 8. The Balaban J connectivity index is 1.52. The third-order valence-corrected chi connectivity index (χ3v) is 5.76. The lowest BCUT2D eigenvalue weighted by Gasteiger charge is -2.12. The lowest BCUT2D eigenvalue weighted by atomic mass is 10.1. The van der Waals surface area contributed by atoms with E-state index in [1.54, 1.807) is 0 Å². The Kier molecular flexibility index (Phi) is 5.85. The maximum Gasteiger partial charge on any atom is 0.230 e. The Morgan fingerprint density at radius 3 is 2.66 bits per heavy atom. The number of nitrogens with one attached hydrogen (secondary N) is 1. The summed E-state index contributed by atoms with van der Waals surface area (Å²) in [6.45, 7) is 4.43. The fraction of sp³-hybridized carbons (Fsp3) is 0.318. The molecule has 4 rings (SSSR count). The average Bonchev–Trinajstić information content (AvgIpc) is 3.44. The van der Waals surface area contributed by atoms with Crippen LogP contribution in [-0.2, 0) is 11.4 Å². The van der Waals surface area contributed by atoms with Gasteiger partial charge in [-0.1, -0.05) is 36.0 Å². The van der Waals surface area contributed by atoms with E-state index in [1.165, 1.54) is 22.9 Å². The molecule has 1 saturated carbocycles. The van der Waals surface area contributed by atoms with Gasteiger partial charge in [0.15, 0.2) is 11.0 Å². The second-order valence-corrected chi connectivity index (χ2v) is 8.18. The third-order valence-electron chi connectivity index (χ3n) is 4.84. The van der Waals surface area contributed by atoms with Crippen LogP contribution >= 0.6 is 11.8 Å². The summed E-state index contributed by atoms with van der Waals surface area (Å²) >= 11 is 1.39. The van der Waals surface area contributed by atoms with E-state index in [1.807, 2.05) is 53.1 Å². The van der Waals surface area contributed by atoms with Crippen molar-refractivity contribution in [1.29, 1.82) is 0 Å². The molecular weight excluding hydrogens is 384 g/mol. The number of carbonyl (C=O) groups is 1. The van der Waals surface area contributed by atoms with Gasteiger partial charge in [-0.3, -0.25) is 9.36 Å². The minimum atomic E-state index is 0.0352. The number of aryl methyl sites for hydroxylation is 2. The summed E-state index contributed by atoms with van der Waals surface area (Å²) in [6.07, 6.45) is 2.16. The highest BCUT2D eigenvalue weighted by atomic mass is 32.2. The SMILES string of the molecule is Cc1ccc(OCc2nnc(SCC(=O)NC3CC3)n2-c2ccccc2)cc1C. The molecule has 0 unspecified atom stereocenters. The number of thioether (sulfide) groups is 1. The summed E-state index contributed by atoms with van der Waals surface area (Å²) in [5.74, 6) is 1.85. The highest BCUT2D eigenvalue weighted by molar-refractivity contribution is 7.99. The normalized spacial score (nSPS) is 13.3. The van der Waals surface area contributed by atoms with E-state index in [9.17, 15) is 4.79 Å². The van der Waals surface area contributed by atoms with Crippen molar-refractivity contribution < 1.29 is 9.53 Å². The molecule has 6 nitrogen and oxygen atoms in total. The zero-order chi connectivity index (χ0) is 20.2. The van der Waals surface area contributed by atoms with E-state index in [0.29, 0.717) is 29.4 Å². The van der Waals surface area contributed by atoms with Gasteiger partial charge in [0.2, 0.25) is 5.91 Å². The first-order valence-electron chi connectivity index (χ1n) is 9.72. The van der Waals surface area contributed by atoms with Crippen molar-refractivity contribution in [2.24, 2.45) is 0 Å². The molecule has 0 spiro atoms. The molecule has 1 heterocycles. The summed E-state index contributed by atoms with van der Waals surface area (Å²) in [7, 11) is 0. The molecule has 1 aliphatic carbocycles. The van der Waals surface area contributed by atoms with E-state index in [4.69, 9.17) is 4.74 Å². The Morgan fingerprint density at radius 1 is 1.14 bits per heavy atom. The third kappa shape index (κ3) is 4.98. The number of nitrogens with zero attached hydrogens (tertiary/aromatic N) is 3. The lowest BCUT2D eigenvalue weighted by molar-refractivity contribution is -0.118. The summed E-state index contributed by atoms with van der Waals surface area (Å²) in [5.41, 5.74) is 3.36. The fourth-order valence-corrected chi connectivity index (χ4v) is 3.68. The van der Waals surface area contributed by atoms with Crippen LogP contribution in [0.1, 0.15) is 29.8 Å². The molecule has 1 amide bonds. The van der Waals surface area contributed by atoms with Gasteiger partial charge in [0, 0.05) is 11.7 Å². The number of ether oxygens (including phenoxy) is 1. The number of hydrogen-bond donors (Lipinski definition) is 1. The van der Waals surface area contributed by atoms with Gasteiger partial charge in [0.1, 0.15) is 12.4 Å². The lowest BCUT2D eigenvalue weighted by Crippen LogP contribution is -2.27. The van der Waals surface area contributed by atoms with Gasteiger partial charge < -0.3 is 10.1 Å². The molecule has 0 atom stereocenters. The number of amides is 1. The Hall–Kier alpha value is -2.80. The molecule has 1 fully saturated rings. The highest BCUT2D eigenvalue weighted by Crippen LogP contribution is 2.24. The number of benzene rings is 2. The molecule has 2 aromatic carbocycles. The van der Waals surface area contributed by atoms with Crippen LogP contribution in [0.4, 0.5) is 0 Å². The van der Waals surface area contributed by atoms with Gasteiger partial charge in [-0.25, -0.2) is 0 Å². The van der Waals surface area contributed by atoms with Crippen LogP contribution < -0.4 is 10.1 Å². The van der Waals surface area contributed by atoms with Gasteiger partial charge in [-0.05, 0) is 62.1 Å². The quantitative estimate of drug-likeness (QED) is 0.574. The molecule has 7 heteroatoms. The number of hydrogen-bond acceptors (Lipinski definition) is 5. The predicted octanol–water partition coefficient (Wildman–Crippen LogP) is 3.83. The fourth-order valence-electron chi connectivity index (χ4n) is 2.90. The number of para-hydroxylation sites is 1. The van der Waals surface area contributed by atoms with Gasteiger partial charge >= 0.3 is 0 Å². The Bertz CT molecular complexity index is 999. The second kappa shape index (κ2) is 8.69. The van der Waals surface area contributed by atoms with Crippen LogP contribution in [0, 0.1) is 13.8 Å². The summed E-state index contributed by atoms with van der Waals surface area (Å²) < 4.78 is 7.93. The summed E-state index contributed by atoms with van der Waals surface area (Å²) in [4.78, 5) is 12.1.